The number of hydrogen-bond acceptors (Lipinski definition) is 1. The van der Waals surface area contributed by atoms with Crippen molar-refractivity contribution in [2.45, 2.75) is 32.6 Å². The molecule has 1 saturated heterocycles. The number of benzene rings is 1. The van der Waals surface area contributed by atoms with Crippen LogP contribution in [0.15, 0.2) is 22.7 Å². The molecule has 3 heteroatoms. The fourth-order valence-electron chi connectivity index (χ4n) is 2.53. The smallest absolute Gasteiger partial charge is 0.133 e. The molecule has 0 saturated carbocycles. The summed E-state index contributed by atoms with van der Waals surface area (Å²) in [6, 6.07) is 6.24. The minimum atomic E-state index is 0.825. The van der Waals surface area contributed by atoms with Crippen LogP contribution in [0.4, 0.5) is 0 Å². The molecule has 0 bridgehead atoms. The maximum Gasteiger partial charge on any atom is 0.133 e. The largest absolute Gasteiger partial charge is 0.492 e. The first kappa shape index (κ1) is 13.9. The zero-order valence-electron chi connectivity index (χ0n) is 11.2. The minimum Gasteiger partial charge on any atom is -0.492 e. The van der Waals surface area contributed by atoms with Crippen LogP contribution in [0.3, 0.4) is 0 Å². The molecule has 1 fully saturated rings. The zero-order valence-corrected chi connectivity index (χ0v) is 12.8. The van der Waals surface area contributed by atoms with Gasteiger partial charge in [0, 0.05) is 6.42 Å². The predicted octanol–water partition coefficient (Wildman–Crippen LogP) is 2.60. The highest BCUT2D eigenvalue weighted by molar-refractivity contribution is 9.10. The second-order valence-corrected chi connectivity index (χ2v) is 6.05. The highest BCUT2D eigenvalue weighted by atomic mass is 79.9. The lowest BCUT2D eigenvalue weighted by atomic mass is 10.1. The maximum absolute atomic E-state index is 5.82. The van der Waals surface area contributed by atoms with Gasteiger partial charge < -0.3 is 9.64 Å². The Bertz CT molecular complexity index is 375. The van der Waals surface area contributed by atoms with Crippen LogP contribution in [0.25, 0.3) is 0 Å². The van der Waals surface area contributed by atoms with Crippen molar-refractivity contribution in [3.05, 3.63) is 28.2 Å². The van der Waals surface area contributed by atoms with E-state index in [9.17, 15) is 0 Å². The van der Waals surface area contributed by atoms with Crippen molar-refractivity contribution in [2.24, 2.45) is 0 Å². The average molecular weight is 313 g/mol. The molecular formula is C15H23BrNO+. The van der Waals surface area contributed by atoms with E-state index in [2.05, 4.69) is 35.0 Å². The third kappa shape index (κ3) is 4.29. The van der Waals surface area contributed by atoms with E-state index < -0.39 is 0 Å². The van der Waals surface area contributed by atoms with Gasteiger partial charge in [0.15, 0.2) is 0 Å². The number of piperidine rings is 1. The summed E-state index contributed by atoms with van der Waals surface area (Å²) in [5, 5.41) is 0. The first-order chi connectivity index (χ1) is 8.75. The van der Waals surface area contributed by atoms with E-state index in [1.807, 2.05) is 6.07 Å². The molecule has 2 rings (SSSR count). The van der Waals surface area contributed by atoms with E-state index in [-0.39, 0.29) is 0 Å². The van der Waals surface area contributed by atoms with E-state index in [4.69, 9.17) is 4.74 Å². The van der Waals surface area contributed by atoms with Gasteiger partial charge in [0.25, 0.3) is 0 Å². The highest BCUT2D eigenvalue weighted by Crippen LogP contribution is 2.25. The van der Waals surface area contributed by atoms with Gasteiger partial charge in [0.1, 0.15) is 5.75 Å². The van der Waals surface area contributed by atoms with Crippen LogP contribution in [0.5, 0.6) is 5.75 Å². The molecule has 1 aliphatic rings. The molecule has 0 unspecified atom stereocenters. The summed E-state index contributed by atoms with van der Waals surface area (Å²) in [5.41, 5.74) is 1.26. The Balaban J connectivity index is 1.68. The lowest BCUT2D eigenvalue weighted by Crippen LogP contribution is -3.12. The maximum atomic E-state index is 5.82. The summed E-state index contributed by atoms with van der Waals surface area (Å²) < 4.78 is 6.89. The first-order valence-corrected chi connectivity index (χ1v) is 7.77. The number of hydrogen-bond donors (Lipinski definition) is 1. The molecule has 1 aromatic rings. The molecule has 18 heavy (non-hydrogen) atoms. The van der Waals surface area contributed by atoms with E-state index in [1.54, 1.807) is 4.90 Å². The van der Waals surface area contributed by atoms with Crippen LogP contribution in [0.1, 0.15) is 31.2 Å². The molecule has 1 aliphatic heterocycles. The summed E-state index contributed by atoms with van der Waals surface area (Å²) in [7, 11) is 0. The van der Waals surface area contributed by atoms with E-state index in [0.717, 1.165) is 23.2 Å². The lowest BCUT2D eigenvalue weighted by Gasteiger charge is -2.23. The molecule has 0 radical (unpaired) electrons. The van der Waals surface area contributed by atoms with Gasteiger partial charge in [-0.1, -0.05) is 6.07 Å². The number of ether oxygens (including phenoxy) is 1. The summed E-state index contributed by atoms with van der Waals surface area (Å²) in [6.07, 6.45) is 5.38. The molecule has 1 N–H and O–H groups in total. The first-order valence-electron chi connectivity index (χ1n) is 6.98. The van der Waals surface area contributed by atoms with Crippen LogP contribution < -0.4 is 9.64 Å². The Labute approximate surface area is 118 Å². The molecule has 0 atom stereocenters. The molecular weight excluding hydrogens is 290 g/mol. The fraction of sp³-hybridized carbons (Fsp3) is 0.600. The fourth-order valence-corrected chi connectivity index (χ4v) is 3.14. The Morgan fingerprint density at radius 2 is 2.00 bits per heavy atom. The molecule has 0 aliphatic carbocycles. The van der Waals surface area contributed by atoms with E-state index in [0.29, 0.717) is 0 Å². The molecule has 100 valence electrons. The summed E-state index contributed by atoms with van der Waals surface area (Å²) in [4.78, 5) is 1.76. The van der Waals surface area contributed by atoms with E-state index >= 15 is 0 Å². The topological polar surface area (TPSA) is 13.7 Å². The van der Waals surface area contributed by atoms with Crippen LogP contribution in [0, 0.1) is 6.92 Å². The number of quaternary nitrogens is 1. The molecule has 0 spiro atoms. The Kier molecular flexibility index (Phi) is 5.51. The Morgan fingerprint density at radius 3 is 2.72 bits per heavy atom. The standard InChI is InChI=1S/C15H22BrNO/c1-13-6-7-15(14(16)12-13)18-11-5-10-17-8-3-2-4-9-17/h6-7,12H,2-5,8-11H2,1H3/p+1. The van der Waals surface area contributed by atoms with Crippen LogP contribution >= 0.6 is 15.9 Å². The van der Waals surface area contributed by atoms with Crippen molar-refractivity contribution in [3.8, 4) is 5.75 Å². The van der Waals surface area contributed by atoms with Crippen molar-refractivity contribution in [1.29, 1.82) is 0 Å². The van der Waals surface area contributed by atoms with Crippen molar-refractivity contribution in [1.82, 2.24) is 0 Å². The Hall–Kier alpha value is -0.540. The van der Waals surface area contributed by atoms with Crippen LogP contribution in [-0.2, 0) is 0 Å². The van der Waals surface area contributed by atoms with Gasteiger partial charge in [-0.05, 0) is 59.8 Å². The van der Waals surface area contributed by atoms with Gasteiger partial charge in [-0.25, -0.2) is 0 Å². The molecule has 1 aromatic carbocycles. The van der Waals surface area contributed by atoms with Crippen molar-refractivity contribution >= 4 is 15.9 Å². The molecule has 0 aromatic heterocycles. The van der Waals surface area contributed by atoms with Crippen molar-refractivity contribution in [2.75, 3.05) is 26.2 Å². The minimum absolute atomic E-state index is 0.825. The van der Waals surface area contributed by atoms with Gasteiger partial charge >= 0.3 is 0 Å². The van der Waals surface area contributed by atoms with Gasteiger partial charge in [-0.15, -0.1) is 0 Å². The SMILES string of the molecule is Cc1ccc(OCCC[NH+]2CCCCC2)c(Br)c1. The van der Waals surface area contributed by atoms with E-state index in [1.165, 1.54) is 44.5 Å². The number of halogens is 1. The van der Waals surface area contributed by atoms with Crippen LogP contribution in [0.2, 0.25) is 0 Å². The lowest BCUT2D eigenvalue weighted by molar-refractivity contribution is -0.905. The average Bonchev–Trinajstić information content (AvgIpc) is 2.38. The second-order valence-electron chi connectivity index (χ2n) is 5.20. The monoisotopic (exact) mass is 312 g/mol. The number of nitrogens with one attached hydrogen (secondary N) is 1. The molecule has 1 heterocycles. The number of aryl methyl sites for hydroxylation is 1. The number of rotatable bonds is 5. The second kappa shape index (κ2) is 7.15. The Morgan fingerprint density at radius 1 is 1.22 bits per heavy atom. The van der Waals surface area contributed by atoms with Gasteiger partial charge in [0.05, 0.1) is 30.7 Å². The van der Waals surface area contributed by atoms with Gasteiger partial charge in [-0.2, -0.15) is 0 Å². The number of likely N-dealkylation sites (tertiary alicyclic amines) is 1. The highest BCUT2D eigenvalue weighted by Gasteiger charge is 2.12. The van der Waals surface area contributed by atoms with Crippen molar-refractivity contribution in [3.63, 3.8) is 0 Å². The third-order valence-electron chi connectivity index (χ3n) is 3.58. The quantitative estimate of drug-likeness (QED) is 0.825. The van der Waals surface area contributed by atoms with Gasteiger partial charge in [0.2, 0.25) is 0 Å². The summed E-state index contributed by atoms with van der Waals surface area (Å²) in [6.45, 7) is 6.88. The predicted molar refractivity (Wildman–Crippen MR) is 78.4 cm³/mol. The molecule has 0 amide bonds. The zero-order chi connectivity index (χ0) is 12.8. The summed E-state index contributed by atoms with van der Waals surface area (Å²) >= 11 is 3.55. The summed E-state index contributed by atoms with van der Waals surface area (Å²) in [5.74, 6) is 0.967. The normalized spacial score (nSPS) is 16.8. The van der Waals surface area contributed by atoms with Gasteiger partial charge in [-0.3, -0.25) is 0 Å². The van der Waals surface area contributed by atoms with Crippen molar-refractivity contribution < 1.29 is 9.64 Å². The van der Waals surface area contributed by atoms with Crippen LogP contribution in [-0.4, -0.2) is 26.2 Å². The third-order valence-corrected chi connectivity index (χ3v) is 4.20. The molecule has 2 nitrogen and oxygen atoms in total.